The van der Waals surface area contributed by atoms with Crippen LogP contribution in [0.4, 0.5) is 0 Å². The molecule has 2 aromatic rings. The van der Waals surface area contributed by atoms with Gasteiger partial charge in [0.25, 0.3) is 0 Å². The number of phenolic OH excluding ortho intramolecular Hbond substituents is 1. The zero-order valence-electron chi connectivity index (χ0n) is 8.33. The smallest absolute Gasteiger partial charge is 0.135 e. The molecule has 1 aromatic carbocycles. The molecule has 3 N–H and O–H groups in total. The van der Waals surface area contributed by atoms with Gasteiger partial charge in [0, 0.05) is 17.0 Å². The summed E-state index contributed by atoms with van der Waals surface area (Å²) < 4.78 is 5.96. The number of rotatable bonds is 2. The number of furan rings is 1. The maximum Gasteiger partial charge on any atom is 0.135 e. The van der Waals surface area contributed by atoms with Crippen LogP contribution in [0.2, 0.25) is 0 Å². The highest BCUT2D eigenvalue weighted by Gasteiger charge is 2.13. The summed E-state index contributed by atoms with van der Waals surface area (Å²) in [5.74, 6) is 0.251. The van der Waals surface area contributed by atoms with Crippen molar-refractivity contribution in [3.05, 3.63) is 28.4 Å². The third-order valence-electron chi connectivity index (χ3n) is 2.29. The minimum Gasteiger partial charge on any atom is -0.506 e. The molecular weight excluding hydrogens is 258 g/mol. The van der Waals surface area contributed by atoms with E-state index in [-0.39, 0.29) is 11.8 Å². The van der Waals surface area contributed by atoms with E-state index in [1.165, 1.54) is 0 Å². The molecule has 1 heterocycles. The average Bonchev–Trinajstić information content (AvgIpc) is 2.61. The molecule has 15 heavy (non-hydrogen) atoms. The van der Waals surface area contributed by atoms with Crippen LogP contribution in [0.3, 0.4) is 0 Å². The Balaban J connectivity index is 2.59. The van der Waals surface area contributed by atoms with Gasteiger partial charge in [0.2, 0.25) is 0 Å². The van der Waals surface area contributed by atoms with Gasteiger partial charge in [-0.2, -0.15) is 0 Å². The number of benzene rings is 1. The zero-order valence-corrected chi connectivity index (χ0v) is 9.91. The molecule has 0 saturated heterocycles. The van der Waals surface area contributed by atoms with Crippen molar-refractivity contribution in [2.75, 3.05) is 0 Å². The summed E-state index contributed by atoms with van der Waals surface area (Å²) in [4.78, 5) is 0. The van der Waals surface area contributed by atoms with E-state index in [1.54, 1.807) is 6.26 Å². The summed E-state index contributed by atoms with van der Waals surface area (Å²) in [6, 6.07) is 3.66. The van der Waals surface area contributed by atoms with E-state index in [9.17, 15) is 5.11 Å². The molecule has 0 radical (unpaired) electrons. The summed E-state index contributed by atoms with van der Waals surface area (Å²) >= 11 is 3.35. The molecule has 1 aromatic heterocycles. The molecule has 0 fully saturated rings. The lowest BCUT2D eigenvalue weighted by Crippen LogP contribution is -2.17. The van der Waals surface area contributed by atoms with E-state index in [2.05, 4.69) is 15.9 Å². The lowest BCUT2D eigenvalue weighted by molar-refractivity contribution is 0.463. The SMILES string of the molecule is CC(N)Cc1cc2occc2c(Br)c1O. The molecule has 1 unspecified atom stereocenters. The molecule has 3 nitrogen and oxygen atoms in total. The van der Waals surface area contributed by atoms with Gasteiger partial charge in [-0.25, -0.2) is 0 Å². The highest BCUT2D eigenvalue weighted by Crippen LogP contribution is 2.36. The van der Waals surface area contributed by atoms with Gasteiger partial charge in [-0.05, 0) is 41.4 Å². The molecule has 80 valence electrons. The molecule has 2 rings (SSSR count). The molecule has 0 amide bonds. The van der Waals surface area contributed by atoms with Crippen molar-refractivity contribution in [1.29, 1.82) is 0 Å². The Morgan fingerprint density at radius 3 is 3.00 bits per heavy atom. The Hall–Kier alpha value is -1.00. The lowest BCUT2D eigenvalue weighted by atomic mass is 10.1. The van der Waals surface area contributed by atoms with Crippen LogP contribution in [0.5, 0.6) is 5.75 Å². The van der Waals surface area contributed by atoms with E-state index in [1.807, 2.05) is 19.1 Å². The molecule has 4 heteroatoms. The number of hydrogen-bond acceptors (Lipinski definition) is 3. The molecule has 0 aliphatic heterocycles. The van der Waals surface area contributed by atoms with E-state index >= 15 is 0 Å². The third-order valence-corrected chi connectivity index (χ3v) is 3.09. The van der Waals surface area contributed by atoms with Crippen molar-refractivity contribution < 1.29 is 9.52 Å². The molecule has 0 aliphatic rings. The van der Waals surface area contributed by atoms with Gasteiger partial charge in [-0.1, -0.05) is 0 Å². The number of halogens is 1. The highest BCUT2D eigenvalue weighted by molar-refractivity contribution is 9.10. The second kappa shape index (κ2) is 3.87. The standard InChI is InChI=1S/C11H12BrNO2/c1-6(13)4-7-5-9-8(2-3-15-9)10(12)11(7)14/h2-3,5-6,14H,4,13H2,1H3. The van der Waals surface area contributed by atoms with Crippen LogP contribution < -0.4 is 5.73 Å². The summed E-state index contributed by atoms with van der Waals surface area (Å²) in [6.45, 7) is 1.90. The van der Waals surface area contributed by atoms with Crippen molar-refractivity contribution in [3.8, 4) is 5.75 Å². The number of fused-ring (bicyclic) bond motifs is 1. The fourth-order valence-corrected chi connectivity index (χ4v) is 2.19. The monoisotopic (exact) mass is 269 g/mol. The molecule has 1 atom stereocenters. The first kappa shape index (κ1) is 10.5. The van der Waals surface area contributed by atoms with Crippen LogP contribution in [-0.4, -0.2) is 11.1 Å². The first-order valence-electron chi connectivity index (χ1n) is 4.72. The largest absolute Gasteiger partial charge is 0.506 e. The highest BCUT2D eigenvalue weighted by atomic mass is 79.9. The van der Waals surface area contributed by atoms with Crippen molar-refractivity contribution in [1.82, 2.24) is 0 Å². The average molecular weight is 270 g/mol. The minimum absolute atomic E-state index is 0.00946. The Kier molecular flexibility index (Phi) is 2.71. The van der Waals surface area contributed by atoms with E-state index in [0.717, 1.165) is 16.5 Å². The number of phenols is 1. The van der Waals surface area contributed by atoms with Crippen LogP contribution in [-0.2, 0) is 6.42 Å². The van der Waals surface area contributed by atoms with Crippen LogP contribution in [0.1, 0.15) is 12.5 Å². The van der Waals surface area contributed by atoms with Gasteiger partial charge in [-0.3, -0.25) is 0 Å². The maximum atomic E-state index is 9.92. The zero-order chi connectivity index (χ0) is 11.0. The normalized spacial score (nSPS) is 13.3. The van der Waals surface area contributed by atoms with Crippen molar-refractivity contribution in [2.24, 2.45) is 5.73 Å². The molecular formula is C11H12BrNO2. The predicted octanol–water partition coefficient (Wildman–Crippen LogP) is 2.79. The second-order valence-electron chi connectivity index (χ2n) is 3.71. The van der Waals surface area contributed by atoms with Crippen LogP contribution in [0, 0.1) is 0 Å². The quantitative estimate of drug-likeness (QED) is 0.882. The fourth-order valence-electron chi connectivity index (χ4n) is 1.61. The Morgan fingerprint density at radius 1 is 1.60 bits per heavy atom. The Labute approximate surface area is 96.0 Å². The number of aromatic hydroxyl groups is 1. The Morgan fingerprint density at radius 2 is 2.33 bits per heavy atom. The molecule has 0 saturated carbocycles. The first-order chi connectivity index (χ1) is 7.09. The summed E-state index contributed by atoms with van der Waals surface area (Å²) in [7, 11) is 0. The first-order valence-corrected chi connectivity index (χ1v) is 5.52. The van der Waals surface area contributed by atoms with E-state index in [0.29, 0.717) is 10.9 Å². The summed E-state index contributed by atoms with van der Waals surface area (Å²) in [5, 5.41) is 10.8. The van der Waals surface area contributed by atoms with Crippen LogP contribution in [0.15, 0.2) is 27.3 Å². The van der Waals surface area contributed by atoms with Gasteiger partial charge in [-0.15, -0.1) is 0 Å². The Bertz CT molecular complexity index is 491. The lowest BCUT2D eigenvalue weighted by Gasteiger charge is -2.09. The minimum atomic E-state index is 0.00946. The van der Waals surface area contributed by atoms with Gasteiger partial charge in [0.1, 0.15) is 11.3 Å². The third kappa shape index (κ3) is 1.87. The van der Waals surface area contributed by atoms with E-state index < -0.39 is 0 Å². The summed E-state index contributed by atoms with van der Waals surface area (Å²) in [6.07, 6.45) is 2.23. The molecule has 0 bridgehead atoms. The van der Waals surface area contributed by atoms with Crippen LogP contribution >= 0.6 is 15.9 Å². The van der Waals surface area contributed by atoms with Gasteiger partial charge in [0.15, 0.2) is 0 Å². The van der Waals surface area contributed by atoms with Crippen molar-refractivity contribution >= 4 is 26.9 Å². The van der Waals surface area contributed by atoms with Gasteiger partial charge >= 0.3 is 0 Å². The second-order valence-corrected chi connectivity index (χ2v) is 4.51. The topological polar surface area (TPSA) is 59.4 Å². The van der Waals surface area contributed by atoms with Crippen molar-refractivity contribution in [2.45, 2.75) is 19.4 Å². The molecule has 0 aliphatic carbocycles. The van der Waals surface area contributed by atoms with E-state index in [4.69, 9.17) is 10.2 Å². The number of nitrogens with two attached hydrogens (primary N) is 1. The fraction of sp³-hybridized carbons (Fsp3) is 0.273. The van der Waals surface area contributed by atoms with Gasteiger partial charge in [0.05, 0.1) is 10.7 Å². The molecule has 0 spiro atoms. The van der Waals surface area contributed by atoms with Crippen LogP contribution in [0.25, 0.3) is 11.0 Å². The number of hydrogen-bond donors (Lipinski definition) is 2. The predicted molar refractivity (Wildman–Crippen MR) is 62.9 cm³/mol. The van der Waals surface area contributed by atoms with Gasteiger partial charge < -0.3 is 15.3 Å². The maximum absolute atomic E-state index is 9.92. The summed E-state index contributed by atoms with van der Waals surface area (Å²) in [5.41, 5.74) is 7.27. The van der Waals surface area contributed by atoms with Crippen molar-refractivity contribution in [3.63, 3.8) is 0 Å².